The fourth-order valence-corrected chi connectivity index (χ4v) is 5.80. The molecule has 0 aromatic heterocycles. The maximum Gasteiger partial charge on any atom is 0.297 e. The Kier molecular flexibility index (Phi) is 15.2. The summed E-state index contributed by atoms with van der Waals surface area (Å²) in [5, 5.41) is 0. The van der Waals surface area contributed by atoms with E-state index in [1.807, 2.05) is 32.9 Å². The van der Waals surface area contributed by atoms with E-state index in [0.717, 1.165) is 29.5 Å². The van der Waals surface area contributed by atoms with Gasteiger partial charge in [0.2, 0.25) is 0 Å². The van der Waals surface area contributed by atoms with E-state index in [4.69, 9.17) is 4.18 Å². The molecule has 3 nitrogen and oxygen atoms in total. The van der Waals surface area contributed by atoms with Crippen LogP contribution >= 0.6 is 0 Å². The van der Waals surface area contributed by atoms with Gasteiger partial charge in [-0.05, 0) is 38.3 Å². The Bertz CT molecular complexity index is 671. The average molecular weight is 453 g/mol. The first-order valence-electron chi connectivity index (χ1n) is 12.9. The molecule has 0 saturated carbocycles. The van der Waals surface area contributed by atoms with Gasteiger partial charge in [-0.1, -0.05) is 121 Å². The quantitative estimate of drug-likeness (QED) is 0.156. The summed E-state index contributed by atoms with van der Waals surface area (Å²) in [5.41, 5.74) is 2.61. The summed E-state index contributed by atoms with van der Waals surface area (Å²) in [4.78, 5) is 0.342. The summed E-state index contributed by atoms with van der Waals surface area (Å²) >= 11 is 0. The Morgan fingerprint density at radius 2 is 0.968 bits per heavy atom. The molecule has 0 heterocycles. The van der Waals surface area contributed by atoms with Crippen molar-refractivity contribution >= 4 is 10.1 Å². The molecule has 0 N–H and O–H groups in total. The second-order valence-corrected chi connectivity index (χ2v) is 10.9. The van der Waals surface area contributed by atoms with Gasteiger partial charge in [0, 0.05) is 0 Å². The van der Waals surface area contributed by atoms with Gasteiger partial charge in [-0.15, -0.1) is 0 Å². The number of rotatable bonds is 19. The number of aryl methyl sites for hydroxylation is 3. The fourth-order valence-electron chi connectivity index (χ4n) is 4.44. The molecule has 0 fully saturated rings. The van der Waals surface area contributed by atoms with E-state index < -0.39 is 10.1 Å². The Morgan fingerprint density at radius 3 is 1.35 bits per heavy atom. The van der Waals surface area contributed by atoms with E-state index in [-0.39, 0.29) is 6.61 Å². The third-order valence-corrected chi connectivity index (χ3v) is 7.71. The van der Waals surface area contributed by atoms with Crippen molar-refractivity contribution in [1.82, 2.24) is 0 Å². The van der Waals surface area contributed by atoms with Crippen molar-refractivity contribution in [3.8, 4) is 0 Å². The van der Waals surface area contributed by atoms with Gasteiger partial charge < -0.3 is 0 Å². The zero-order valence-electron chi connectivity index (χ0n) is 20.8. The highest BCUT2D eigenvalue weighted by Gasteiger charge is 2.20. The van der Waals surface area contributed by atoms with Crippen LogP contribution < -0.4 is 0 Å². The number of benzene rings is 1. The summed E-state index contributed by atoms with van der Waals surface area (Å²) < 4.78 is 30.4. The van der Waals surface area contributed by atoms with Crippen LogP contribution in [0, 0.1) is 20.8 Å². The molecule has 0 amide bonds. The first-order chi connectivity index (χ1) is 14.9. The predicted octanol–water partition coefficient (Wildman–Crippen LogP) is 8.58. The van der Waals surface area contributed by atoms with Gasteiger partial charge in [-0.2, -0.15) is 8.42 Å². The Hall–Kier alpha value is -0.870. The average Bonchev–Trinajstić information content (AvgIpc) is 2.69. The van der Waals surface area contributed by atoms with Crippen LogP contribution in [0.5, 0.6) is 0 Å². The van der Waals surface area contributed by atoms with Gasteiger partial charge in [0.15, 0.2) is 0 Å². The molecule has 4 heteroatoms. The third kappa shape index (κ3) is 12.7. The lowest BCUT2D eigenvalue weighted by atomic mass is 10.0. The molecular formula is C27H48O3S. The van der Waals surface area contributed by atoms with Gasteiger partial charge in [0.1, 0.15) is 0 Å². The summed E-state index contributed by atoms with van der Waals surface area (Å²) in [7, 11) is -3.66. The lowest BCUT2D eigenvalue weighted by Gasteiger charge is -2.12. The molecule has 0 spiro atoms. The smallest absolute Gasteiger partial charge is 0.266 e. The largest absolute Gasteiger partial charge is 0.297 e. The molecule has 0 unspecified atom stereocenters. The Morgan fingerprint density at radius 1 is 0.613 bits per heavy atom. The molecule has 0 radical (unpaired) electrons. The summed E-state index contributed by atoms with van der Waals surface area (Å²) in [6.45, 7) is 8.22. The lowest BCUT2D eigenvalue weighted by Crippen LogP contribution is -2.11. The van der Waals surface area contributed by atoms with E-state index in [1.54, 1.807) is 0 Å². The maximum absolute atomic E-state index is 12.5. The molecule has 1 aromatic rings. The molecule has 0 saturated heterocycles. The van der Waals surface area contributed by atoms with Gasteiger partial charge >= 0.3 is 0 Å². The molecule has 31 heavy (non-hydrogen) atoms. The van der Waals surface area contributed by atoms with Crippen LogP contribution in [-0.2, 0) is 14.3 Å². The molecule has 1 rings (SSSR count). The monoisotopic (exact) mass is 452 g/mol. The fraction of sp³-hybridized carbons (Fsp3) is 0.778. The highest BCUT2D eigenvalue weighted by Crippen LogP contribution is 2.24. The lowest BCUT2D eigenvalue weighted by molar-refractivity contribution is 0.305. The second-order valence-electron chi connectivity index (χ2n) is 9.31. The molecular weight excluding hydrogens is 404 g/mol. The number of hydrogen-bond donors (Lipinski definition) is 0. The molecule has 0 aliphatic carbocycles. The van der Waals surface area contributed by atoms with Crippen LogP contribution in [-0.4, -0.2) is 15.0 Å². The van der Waals surface area contributed by atoms with E-state index in [0.29, 0.717) is 4.90 Å². The SMILES string of the molecule is CCCCCCCCCCCCCCCCCCOS(=O)(=O)c1c(C)cc(C)cc1C. The summed E-state index contributed by atoms with van der Waals surface area (Å²) in [6.07, 6.45) is 20.9. The minimum absolute atomic E-state index is 0.285. The van der Waals surface area contributed by atoms with Crippen molar-refractivity contribution in [3.63, 3.8) is 0 Å². The van der Waals surface area contributed by atoms with Gasteiger partial charge in [-0.3, -0.25) is 4.18 Å². The number of hydrogen-bond acceptors (Lipinski definition) is 3. The number of unbranched alkanes of at least 4 members (excludes halogenated alkanes) is 15. The van der Waals surface area contributed by atoms with Crippen LogP contribution in [0.4, 0.5) is 0 Å². The van der Waals surface area contributed by atoms with Crippen LogP contribution in [0.25, 0.3) is 0 Å². The van der Waals surface area contributed by atoms with E-state index in [9.17, 15) is 8.42 Å². The minimum atomic E-state index is -3.66. The van der Waals surface area contributed by atoms with Gasteiger partial charge in [0.25, 0.3) is 10.1 Å². The van der Waals surface area contributed by atoms with E-state index in [2.05, 4.69) is 6.92 Å². The van der Waals surface area contributed by atoms with Crippen molar-refractivity contribution in [2.45, 2.75) is 135 Å². The zero-order valence-corrected chi connectivity index (χ0v) is 21.6. The molecule has 0 atom stereocenters. The van der Waals surface area contributed by atoms with Crippen molar-refractivity contribution in [2.75, 3.05) is 6.61 Å². The standard InChI is InChI=1S/C27H48O3S/c1-5-6-7-8-9-10-11-12-13-14-15-16-17-18-19-20-21-30-31(28,29)27-25(3)22-24(2)23-26(27)4/h22-23H,5-21H2,1-4H3. The molecule has 0 aliphatic rings. The maximum atomic E-state index is 12.5. The van der Waals surface area contributed by atoms with E-state index in [1.165, 1.54) is 89.9 Å². The first kappa shape index (κ1) is 28.2. The Labute approximate surface area is 193 Å². The van der Waals surface area contributed by atoms with Crippen LogP contribution in [0.1, 0.15) is 126 Å². The minimum Gasteiger partial charge on any atom is -0.266 e. The van der Waals surface area contributed by atoms with Gasteiger partial charge in [-0.25, -0.2) is 0 Å². The first-order valence-corrected chi connectivity index (χ1v) is 14.3. The predicted molar refractivity (Wildman–Crippen MR) is 133 cm³/mol. The van der Waals surface area contributed by atoms with E-state index >= 15 is 0 Å². The topological polar surface area (TPSA) is 43.4 Å². The Balaban J connectivity index is 1.98. The molecule has 180 valence electrons. The van der Waals surface area contributed by atoms with Crippen LogP contribution in [0.2, 0.25) is 0 Å². The van der Waals surface area contributed by atoms with Crippen molar-refractivity contribution < 1.29 is 12.6 Å². The summed E-state index contributed by atoms with van der Waals surface area (Å²) in [6, 6.07) is 3.80. The second kappa shape index (κ2) is 16.7. The van der Waals surface area contributed by atoms with Crippen LogP contribution in [0.3, 0.4) is 0 Å². The van der Waals surface area contributed by atoms with Crippen molar-refractivity contribution in [2.24, 2.45) is 0 Å². The third-order valence-electron chi connectivity index (χ3n) is 6.09. The van der Waals surface area contributed by atoms with Gasteiger partial charge in [0.05, 0.1) is 11.5 Å². The molecule has 0 bridgehead atoms. The van der Waals surface area contributed by atoms with Crippen molar-refractivity contribution in [1.29, 1.82) is 0 Å². The summed E-state index contributed by atoms with van der Waals surface area (Å²) in [5.74, 6) is 0. The highest BCUT2D eigenvalue weighted by molar-refractivity contribution is 7.86. The molecule has 1 aromatic carbocycles. The van der Waals surface area contributed by atoms with Crippen LogP contribution in [0.15, 0.2) is 17.0 Å². The normalized spacial score (nSPS) is 11.9. The zero-order chi connectivity index (χ0) is 23.0. The highest BCUT2D eigenvalue weighted by atomic mass is 32.2. The van der Waals surface area contributed by atoms with Crippen molar-refractivity contribution in [3.05, 3.63) is 28.8 Å². The molecule has 0 aliphatic heterocycles.